The molecule has 1 saturated carbocycles. The van der Waals surface area contributed by atoms with Crippen molar-refractivity contribution >= 4 is 0 Å². The number of hydrogen-bond donors (Lipinski definition) is 1. The molecule has 2 atom stereocenters. The van der Waals surface area contributed by atoms with Gasteiger partial charge in [0.05, 0.1) is 5.92 Å². The molecule has 1 fully saturated rings. The minimum absolute atomic E-state index is 0.0585. The third kappa shape index (κ3) is 2.09. The maximum Gasteiger partial charge on any atom is 0.231 e. The highest BCUT2D eigenvalue weighted by atomic mass is 16.5. The van der Waals surface area contributed by atoms with E-state index in [1.165, 1.54) is 0 Å². The normalized spacial score (nSPS) is 21.9. The maximum absolute atomic E-state index is 5.99. The van der Waals surface area contributed by atoms with E-state index in [1.54, 1.807) is 7.11 Å². The summed E-state index contributed by atoms with van der Waals surface area (Å²) in [5.41, 5.74) is 5.68. The van der Waals surface area contributed by atoms with Crippen molar-refractivity contribution in [3.63, 3.8) is 0 Å². The summed E-state index contributed by atoms with van der Waals surface area (Å²) < 4.78 is 10.8. The molecule has 1 heterocycles. The van der Waals surface area contributed by atoms with Crippen molar-refractivity contribution in [1.82, 2.24) is 10.1 Å². The van der Waals surface area contributed by atoms with Crippen LogP contribution in [0.1, 0.15) is 57.2 Å². The number of nitrogens with two attached hydrogens (primary N) is 1. The standard InChI is InChI=1S/C12H21N3O2/c1-4-9(13)8(2)10-14-11(15-17-10)12(16-3)6-5-7-12/h8-9H,4-7,13H2,1-3H3. The molecule has 0 saturated heterocycles. The molecule has 17 heavy (non-hydrogen) atoms. The molecular formula is C12H21N3O2. The van der Waals surface area contributed by atoms with Gasteiger partial charge in [-0.3, -0.25) is 0 Å². The maximum atomic E-state index is 5.99. The van der Waals surface area contributed by atoms with Gasteiger partial charge in [0.1, 0.15) is 5.60 Å². The lowest BCUT2D eigenvalue weighted by Crippen LogP contribution is -2.37. The Labute approximate surface area is 102 Å². The minimum Gasteiger partial charge on any atom is -0.370 e. The lowest BCUT2D eigenvalue weighted by Gasteiger charge is -2.37. The van der Waals surface area contributed by atoms with Crippen LogP contribution in [0.3, 0.4) is 0 Å². The van der Waals surface area contributed by atoms with Gasteiger partial charge < -0.3 is 15.0 Å². The summed E-state index contributed by atoms with van der Waals surface area (Å²) in [5, 5.41) is 4.05. The molecule has 0 amide bonds. The number of rotatable bonds is 5. The predicted octanol–water partition coefficient (Wildman–Crippen LogP) is 1.94. The van der Waals surface area contributed by atoms with E-state index in [0.717, 1.165) is 25.7 Å². The van der Waals surface area contributed by atoms with Crippen molar-refractivity contribution < 1.29 is 9.26 Å². The summed E-state index contributed by atoms with van der Waals surface area (Å²) in [6, 6.07) is 0.0585. The fraction of sp³-hybridized carbons (Fsp3) is 0.833. The molecule has 96 valence electrons. The number of ether oxygens (including phenoxy) is 1. The minimum atomic E-state index is -0.308. The van der Waals surface area contributed by atoms with Gasteiger partial charge in [-0.1, -0.05) is 19.0 Å². The Morgan fingerprint density at radius 3 is 2.71 bits per heavy atom. The van der Waals surface area contributed by atoms with E-state index < -0.39 is 0 Å². The first kappa shape index (κ1) is 12.5. The average Bonchev–Trinajstić information content (AvgIpc) is 2.76. The Bertz CT molecular complexity index is 368. The molecule has 0 radical (unpaired) electrons. The molecule has 2 rings (SSSR count). The molecule has 0 spiro atoms. The van der Waals surface area contributed by atoms with Crippen LogP contribution in [0.25, 0.3) is 0 Å². The fourth-order valence-corrected chi connectivity index (χ4v) is 2.16. The molecular weight excluding hydrogens is 218 g/mol. The van der Waals surface area contributed by atoms with Gasteiger partial charge in [-0.2, -0.15) is 4.98 Å². The highest BCUT2D eigenvalue weighted by molar-refractivity contribution is 5.08. The van der Waals surface area contributed by atoms with Gasteiger partial charge in [0.15, 0.2) is 0 Å². The number of hydrogen-bond acceptors (Lipinski definition) is 5. The average molecular weight is 239 g/mol. The van der Waals surface area contributed by atoms with E-state index >= 15 is 0 Å². The zero-order chi connectivity index (χ0) is 12.5. The summed E-state index contributed by atoms with van der Waals surface area (Å²) in [4.78, 5) is 4.46. The summed E-state index contributed by atoms with van der Waals surface area (Å²) >= 11 is 0. The van der Waals surface area contributed by atoms with Crippen molar-refractivity contribution in [2.24, 2.45) is 5.73 Å². The van der Waals surface area contributed by atoms with E-state index in [0.29, 0.717) is 11.7 Å². The van der Waals surface area contributed by atoms with Crippen molar-refractivity contribution in [1.29, 1.82) is 0 Å². The first-order chi connectivity index (χ1) is 8.13. The molecule has 0 bridgehead atoms. The Morgan fingerprint density at radius 2 is 2.24 bits per heavy atom. The second-order valence-corrected chi connectivity index (χ2v) is 4.87. The first-order valence-corrected chi connectivity index (χ1v) is 6.28. The Morgan fingerprint density at radius 1 is 1.53 bits per heavy atom. The highest BCUT2D eigenvalue weighted by Gasteiger charge is 2.43. The Kier molecular flexibility index (Phi) is 3.49. The Balaban J connectivity index is 2.15. The highest BCUT2D eigenvalue weighted by Crippen LogP contribution is 2.43. The van der Waals surface area contributed by atoms with Crippen molar-refractivity contribution in [3.8, 4) is 0 Å². The van der Waals surface area contributed by atoms with Crippen molar-refractivity contribution in [2.75, 3.05) is 7.11 Å². The third-order valence-corrected chi connectivity index (χ3v) is 3.90. The Hall–Kier alpha value is -0.940. The predicted molar refractivity (Wildman–Crippen MR) is 63.5 cm³/mol. The number of aromatic nitrogens is 2. The van der Waals surface area contributed by atoms with Gasteiger partial charge in [0.25, 0.3) is 0 Å². The largest absolute Gasteiger partial charge is 0.370 e. The molecule has 1 aromatic heterocycles. The lowest BCUT2D eigenvalue weighted by atomic mass is 9.79. The fourth-order valence-electron chi connectivity index (χ4n) is 2.16. The summed E-state index contributed by atoms with van der Waals surface area (Å²) in [6.07, 6.45) is 3.99. The topological polar surface area (TPSA) is 74.2 Å². The molecule has 2 N–H and O–H groups in total. The molecule has 5 heteroatoms. The quantitative estimate of drug-likeness (QED) is 0.849. The van der Waals surface area contributed by atoms with Crippen LogP contribution in [0, 0.1) is 0 Å². The van der Waals surface area contributed by atoms with Gasteiger partial charge in [-0.25, -0.2) is 0 Å². The van der Waals surface area contributed by atoms with Crippen LogP contribution in [0.4, 0.5) is 0 Å². The molecule has 0 aliphatic heterocycles. The molecule has 0 aromatic carbocycles. The zero-order valence-corrected chi connectivity index (χ0v) is 10.8. The molecule has 1 aromatic rings. The number of nitrogens with zero attached hydrogens (tertiary/aromatic N) is 2. The van der Waals surface area contributed by atoms with Crippen LogP contribution in [0.15, 0.2) is 4.52 Å². The van der Waals surface area contributed by atoms with Gasteiger partial charge in [-0.15, -0.1) is 0 Å². The second-order valence-electron chi connectivity index (χ2n) is 4.87. The first-order valence-electron chi connectivity index (χ1n) is 6.28. The van der Waals surface area contributed by atoms with Crippen molar-refractivity contribution in [3.05, 3.63) is 11.7 Å². The van der Waals surface area contributed by atoms with Gasteiger partial charge in [-0.05, 0) is 25.7 Å². The van der Waals surface area contributed by atoms with E-state index in [1.807, 2.05) is 6.92 Å². The van der Waals surface area contributed by atoms with Crippen molar-refractivity contribution in [2.45, 2.75) is 57.1 Å². The van der Waals surface area contributed by atoms with Gasteiger partial charge >= 0.3 is 0 Å². The summed E-state index contributed by atoms with van der Waals surface area (Å²) in [7, 11) is 1.70. The van der Waals surface area contributed by atoms with E-state index in [2.05, 4.69) is 17.1 Å². The number of methoxy groups -OCH3 is 1. The van der Waals surface area contributed by atoms with E-state index in [-0.39, 0.29) is 17.6 Å². The second kappa shape index (κ2) is 4.74. The smallest absolute Gasteiger partial charge is 0.231 e. The molecule has 5 nitrogen and oxygen atoms in total. The van der Waals surface area contributed by atoms with Crippen LogP contribution in [0.2, 0.25) is 0 Å². The van der Waals surface area contributed by atoms with E-state index in [4.69, 9.17) is 15.0 Å². The zero-order valence-electron chi connectivity index (χ0n) is 10.8. The summed E-state index contributed by atoms with van der Waals surface area (Å²) in [6.45, 7) is 4.08. The van der Waals surface area contributed by atoms with Crippen LogP contribution in [-0.4, -0.2) is 23.3 Å². The van der Waals surface area contributed by atoms with Gasteiger partial charge in [0.2, 0.25) is 11.7 Å². The van der Waals surface area contributed by atoms with Crippen LogP contribution < -0.4 is 5.73 Å². The van der Waals surface area contributed by atoms with Crippen LogP contribution in [0.5, 0.6) is 0 Å². The third-order valence-electron chi connectivity index (χ3n) is 3.90. The van der Waals surface area contributed by atoms with E-state index in [9.17, 15) is 0 Å². The van der Waals surface area contributed by atoms with Crippen LogP contribution >= 0.6 is 0 Å². The molecule has 1 aliphatic rings. The molecule has 1 aliphatic carbocycles. The van der Waals surface area contributed by atoms with Crippen LogP contribution in [-0.2, 0) is 10.3 Å². The molecule has 2 unspecified atom stereocenters. The SMILES string of the molecule is CCC(N)C(C)c1nc(C2(OC)CCC2)no1. The summed E-state index contributed by atoms with van der Waals surface area (Å²) in [5.74, 6) is 1.39. The van der Waals surface area contributed by atoms with Gasteiger partial charge in [0, 0.05) is 13.2 Å². The lowest BCUT2D eigenvalue weighted by molar-refractivity contribution is -0.0858. The monoisotopic (exact) mass is 239 g/mol.